The predicted molar refractivity (Wildman–Crippen MR) is 91.8 cm³/mol. The maximum atomic E-state index is 13.5. The van der Waals surface area contributed by atoms with E-state index in [9.17, 15) is 13.6 Å². The first-order chi connectivity index (χ1) is 11.0. The van der Waals surface area contributed by atoms with E-state index in [1.165, 1.54) is 17.8 Å². The van der Waals surface area contributed by atoms with Crippen LogP contribution in [0.4, 0.5) is 14.5 Å². The molecule has 0 aliphatic carbocycles. The molecule has 1 N–H and O–H groups in total. The van der Waals surface area contributed by atoms with Crippen molar-refractivity contribution in [2.75, 3.05) is 18.2 Å². The average molecular weight is 402 g/mol. The SMILES string of the molecule is COc1ccc(Br)cc1CSCC(=O)Nc1c(F)cccc1F. The lowest BCUT2D eigenvalue weighted by Crippen LogP contribution is -2.16. The minimum atomic E-state index is -0.794. The number of nitrogens with one attached hydrogen (secondary N) is 1. The third-order valence-electron chi connectivity index (χ3n) is 2.96. The third-order valence-corrected chi connectivity index (χ3v) is 4.44. The summed E-state index contributed by atoms with van der Waals surface area (Å²) in [5.74, 6) is -0.720. The molecule has 0 atom stereocenters. The molecule has 2 aromatic rings. The third kappa shape index (κ3) is 4.94. The summed E-state index contributed by atoms with van der Waals surface area (Å²) in [4.78, 5) is 11.8. The summed E-state index contributed by atoms with van der Waals surface area (Å²) in [5, 5.41) is 2.25. The van der Waals surface area contributed by atoms with Crippen LogP contribution in [0.1, 0.15) is 5.56 Å². The van der Waals surface area contributed by atoms with E-state index < -0.39 is 23.2 Å². The van der Waals surface area contributed by atoms with Gasteiger partial charge >= 0.3 is 0 Å². The fourth-order valence-corrected chi connectivity index (χ4v) is 3.12. The van der Waals surface area contributed by atoms with E-state index in [0.717, 1.165) is 27.9 Å². The van der Waals surface area contributed by atoms with Crippen LogP contribution in [0.15, 0.2) is 40.9 Å². The highest BCUT2D eigenvalue weighted by atomic mass is 79.9. The van der Waals surface area contributed by atoms with E-state index >= 15 is 0 Å². The average Bonchev–Trinajstić information content (AvgIpc) is 2.51. The van der Waals surface area contributed by atoms with Gasteiger partial charge in [0.2, 0.25) is 5.91 Å². The van der Waals surface area contributed by atoms with Gasteiger partial charge in [-0.15, -0.1) is 11.8 Å². The van der Waals surface area contributed by atoms with E-state index in [4.69, 9.17) is 4.74 Å². The zero-order valence-corrected chi connectivity index (χ0v) is 14.6. The molecular weight excluding hydrogens is 388 g/mol. The van der Waals surface area contributed by atoms with E-state index in [1.807, 2.05) is 18.2 Å². The normalized spacial score (nSPS) is 10.4. The molecule has 0 radical (unpaired) electrons. The Morgan fingerprint density at radius 2 is 1.96 bits per heavy atom. The van der Waals surface area contributed by atoms with Crippen molar-refractivity contribution < 1.29 is 18.3 Å². The monoisotopic (exact) mass is 401 g/mol. The molecule has 7 heteroatoms. The molecule has 0 heterocycles. The Bertz CT molecular complexity index is 692. The first kappa shape index (κ1) is 17.7. The molecule has 23 heavy (non-hydrogen) atoms. The summed E-state index contributed by atoms with van der Waals surface area (Å²) < 4.78 is 33.1. The Hall–Kier alpha value is -1.60. The summed E-state index contributed by atoms with van der Waals surface area (Å²) in [6, 6.07) is 9.03. The standard InChI is InChI=1S/C16H14BrF2NO2S/c1-22-14-6-5-11(17)7-10(14)8-23-9-15(21)20-16-12(18)3-2-4-13(16)19/h2-7H,8-9H2,1H3,(H,20,21). The fraction of sp³-hybridized carbons (Fsp3) is 0.188. The van der Waals surface area contributed by atoms with Crippen LogP contribution >= 0.6 is 27.7 Å². The van der Waals surface area contributed by atoms with Gasteiger partial charge in [-0.05, 0) is 30.3 Å². The topological polar surface area (TPSA) is 38.3 Å². The Morgan fingerprint density at radius 3 is 2.61 bits per heavy atom. The molecule has 0 aliphatic rings. The lowest BCUT2D eigenvalue weighted by Gasteiger charge is -2.10. The Morgan fingerprint density at radius 1 is 1.26 bits per heavy atom. The predicted octanol–water partition coefficient (Wildman–Crippen LogP) is 4.61. The van der Waals surface area contributed by atoms with Crippen molar-refractivity contribution in [2.24, 2.45) is 0 Å². The Balaban J connectivity index is 1.92. The van der Waals surface area contributed by atoms with Crippen molar-refractivity contribution in [2.45, 2.75) is 5.75 Å². The molecule has 0 saturated heterocycles. The van der Waals surface area contributed by atoms with Gasteiger partial charge in [0.25, 0.3) is 0 Å². The molecule has 0 bridgehead atoms. The molecule has 0 fully saturated rings. The highest BCUT2D eigenvalue weighted by molar-refractivity contribution is 9.10. The summed E-state index contributed by atoms with van der Waals surface area (Å²) in [6.45, 7) is 0. The number of benzene rings is 2. The molecule has 0 saturated carbocycles. The highest BCUT2D eigenvalue weighted by Crippen LogP contribution is 2.27. The number of halogens is 3. The van der Waals surface area contributed by atoms with Crippen LogP contribution in [0, 0.1) is 11.6 Å². The molecule has 0 aromatic heterocycles. The molecule has 0 aliphatic heterocycles. The van der Waals surface area contributed by atoms with E-state index in [0.29, 0.717) is 5.75 Å². The molecule has 1 amide bonds. The van der Waals surface area contributed by atoms with Crippen molar-refractivity contribution in [3.63, 3.8) is 0 Å². The van der Waals surface area contributed by atoms with E-state index in [1.54, 1.807) is 7.11 Å². The van der Waals surface area contributed by atoms with Gasteiger partial charge in [-0.2, -0.15) is 0 Å². The van der Waals surface area contributed by atoms with Gasteiger partial charge < -0.3 is 10.1 Å². The first-order valence-electron chi connectivity index (χ1n) is 6.65. The number of carbonyl (C=O) groups excluding carboxylic acids is 1. The van der Waals surface area contributed by atoms with Gasteiger partial charge in [-0.1, -0.05) is 22.0 Å². The van der Waals surface area contributed by atoms with Crippen LogP contribution in [0.25, 0.3) is 0 Å². The number of para-hydroxylation sites is 1. The van der Waals surface area contributed by atoms with Crippen LogP contribution in [-0.4, -0.2) is 18.8 Å². The van der Waals surface area contributed by atoms with Gasteiger partial charge in [-0.3, -0.25) is 4.79 Å². The van der Waals surface area contributed by atoms with Gasteiger partial charge in [0.05, 0.1) is 12.9 Å². The summed E-state index contributed by atoms with van der Waals surface area (Å²) in [5.41, 5.74) is 0.509. The van der Waals surface area contributed by atoms with Gasteiger partial charge in [0, 0.05) is 15.8 Å². The molecule has 0 unspecified atom stereocenters. The largest absolute Gasteiger partial charge is 0.496 e. The number of thioether (sulfide) groups is 1. The zero-order valence-electron chi connectivity index (χ0n) is 12.2. The molecule has 122 valence electrons. The number of rotatable bonds is 6. The quantitative estimate of drug-likeness (QED) is 0.767. The lowest BCUT2D eigenvalue weighted by molar-refractivity contribution is -0.113. The summed E-state index contributed by atoms with van der Waals surface area (Å²) in [7, 11) is 1.57. The van der Waals surface area contributed by atoms with Gasteiger partial charge in [0.1, 0.15) is 23.1 Å². The number of methoxy groups -OCH3 is 1. The maximum Gasteiger partial charge on any atom is 0.234 e. The Kier molecular flexibility index (Phi) is 6.41. The lowest BCUT2D eigenvalue weighted by atomic mass is 10.2. The molecule has 2 aromatic carbocycles. The Labute approximate surface area is 145 Å². The van der Waals surface area contributed by atoms with Crippen LogP contribution in [0.3, 0.4) is 0 Å². The minimum absolute atomic E-state index is 0.0729. The zero-order chi connectivity index (χ0) is 16.8. The van der Waals surface area contributed by atoms with Crippen molar-refractivity contribution in [3.8, 4) is 5.75 Å². The van der Waals surface area contributed by atoms with Gasteiger partial charge in [-0.25, -0.2) is 8.78 Å². The van der Waals surface area contributed by atoms with Crippen molar-refractivity contribution in [1.82, 2.24) is 0 Å². The van der Waals surface area contributed by atoms with Crippen molar-refractivity contribution in [1.29, 1.82) is 0 Å². The van der Waals surface area contributed by atoms with Crippen molar-refractivity contribution in [3.05, 3.63) is 58.1 Å². The summed E-state index contributed by atoms with van der Waals surface area (Å²) in [6.07, 6.45) is 0. The van der Waals surface area contributed by atoms with Crippen LogP contribution in [0.5, 0.6) is 5.75 Å². The smallest absolute Gasteiger partial charge is 0.234 e. The van der Waals surface area contributed by atoms with E-state index in [2.05, 4.69) is 21.2 Å². The van der Waals surface area contributed by atoms with Crippen molar-refractivity contribution >= 4 is 39.3 Å². The molecule has 3 nitrogen and oxygen atoms in total. The second-order valence-corrected chi connectivity index (χ2v) is 6.50. The highest BCUT2D eigenvalue weighted by Gasteiger charge is 2.12. The van der Waals surface area contributed by atoms with Crippen LogP contribution in [-0.2, 0) is 10.5 Å². The molecular formula is C16H14BrF2NO2S. The summed E-state index contributed by atoms with van der Waals surface area (Å²) >= 11 is 4.70. The molecule has 0 spiro atoms. The number of hydrogen-bond acceptors (Lipinski definition) is 3. The number of anilines is 1. The number of hydrogen-bond donors (Lipinski definition) is 1. The van der Waals surface area contributed by atoms with E-state index in [-0.39, 0.29) is 5.75 Å². The van der Waals surface area contributed by atoms with Crippen LogP contribution < -0.4 is 10.1 Å². The number of amides is 1. The fourth-order valence-electron chi connectivity index (χ4n) is 1.91. The second-order valence-electron chi connectivity index (χ2n) is 4.59. The van der Waals surface area contributed by atoms with Gasteiger partial charge in [0.15, 0.2) is 0 Å². The number of carbonyl (C=O) groups is 1. The first-order valence-corrected chi connectivity index (χ1v) is 8.60. The maximum absolute atomic E-state index is 13.5. The number of ether oxygens (including phenoxy) is 1. The molecule has 2 rings (SSSR count). The van der Waals surface area contributed by atoms with Crippen LogP contribution in [0.2, 0.25) is 0 Å². The second kappa shape index (κ2) is 8.31. The minimum Gasteiger partial charge on any atom is -0.496 e.